The number of hydrogen-bond acceptors (Lipinski definition) is 4. The molecule has 2 rings (SSSR count). The maximum atomic E-state index is 11.9. The minimum atomic E-state index is -0.852. The molecule has 2 aromatic carbocycles. The average molecular weight is 404 g/mol. The lowest BCUT2D eigenvalue weighted by Gasteiger charge is -2.05. The van der Waals surface area contributed by atoms with Crippen LogP contribution in [0.1, 0.15) is 18.1 Å². The number of methoxy groups -OCH3 is 1. The van der Waals surface area contributed by atoms with Gasteiger partial charge in [-0.15, -0.1) is 0 Å². The highest BCUT2D eigenvalue weighted by molar-refractivity contribution is 9.10. The first kappa shape index (κ1) is 18.7. The van der Waals surface area contributed by atoms with E-state index in [1.807, 2.05) is 19.1 Å². The summed E-state index contributed by atoms with van der Waals surface area (Å²) in [6.45, 7) is 2.04. The van der Waals surface area contributed by atoms with Crippen LogP contribution in [0, 0.1) is 0 Å². The highest BCUT2D eigenvalue weighted by Gasteiger charge is 2.12. The highest BCUT2D eigenvalue weighted by atomic mass is 79.9. The zero-order valence-electron chi connectivity index (χ0n) is 13.9. The van der Waals surface area contributed by atoms with Gasteiger partial charge in [0.2, 0.25) is 0 Å². The fourth-order valence-electron chi connectivity index (χ4n) is 1.97. The van der Waals surface area contributed by atoms with Crippen molar-refractivity contribution in [1.82, 2.24) is 5.43 Å². The summed E-state index contributed by atoms with van der Waals surface area (Å²) in [7, 11) is 1.56. The molecule has 0 spiro atoms. The second-order valence-corrected chi connectivity index (χ2v) is 5.95. The van der Waals surface area contributed by atoms with Crippen molar-refractivity contribution in [3.8, 4) is 5.75 Å². The fourth-order valence-corrected chi connectivity index (χ4v) is 2.32. The van der Waals surface area contributed by atoms with E-state index in [2.05, 4.69) is 31.8 Å². The zero-order valence-corrected chi connectivity index (χ0v) is 15.5. The van der Waals surface area contributed by atoms with Gasteiger partial charge in [0.05, 0.1) is 13.3 Å². The van der Waals surface area contributed by atoms with E-state index in [-0.39, 0.29) is 0 Å². The Hall–Kier alpha value is -2.67. The summed E-state index contributed by atoms with van der Waals surface area (Å²) in [4.78, 5) is 23.6. The Morgan fingerprint density at radius 3 is 2.52 bits per heavy atom. The number of halogens is 1. The Kier molecular flexibility index (Phi) is 6.71. The van der Waals surface area contributed by atoms with Crippen molar-refractivity contribution >= 4 is 39.6 Å². The standard InChI is InChI=1S/C18H18BrN3O3/c1-3-12-4-6-14(7-5-12)21-17(23)18(24)22-20-11-13-10-15(25-2)8-9-16(13)19/h4-11H,3H2,1-2H3,(H,21,23)(H,22,24)/b20-11-. The van der Waals surface area contributed by atoms with Crippen LogP contribution in [0.5, 0.6) is 5.75 Å². The fraction of sp³-hybridized carbons (Fsp3) is 0.167. The van der Waals surface area contributed by atoms with E-state index in [9.17, 15) is 9.59 Å². The zero-order chi connectivity index (χ0) is 18.2. The Morgan fingerprint density at radius 1 is 1.16 bits per heavy atom. The van der Waals surface area contributed by atoms with Gasteiger partial charge in [0.25, 0.3) is 0 Å². The second kappa shape index (κ2) is 8.98. The van der Waals surface area contributed by atoms with E-state index in [0.29, 0.717) is 17.0 Å². The maximum absolute atomic E-state index is 11.9. The first-order valence-corrected chi connectivity index (χ1v) is 8.39. The van der Waals surface area contributed by atoms with E-state index < -0.39 is 11.8 Å². The summed E-state index contributed by atoms with van der Waals surface area (Å²) in [5.74, 6) is -0.981. The lowest BCUT2D eigenvalue weighted by atomic mass is 10.1. The Balaban J connectivity index is 1.93. The van der Waals surface area contributed by atoms with Crippen molar-refractivity contribution in [1.29, 1.82) is 0 Å². The van der Waals surface area contributed by atoms with Gasteiger partial charge in [-0.2, -0.15) is 5.10 Å². The van der Waals surface area contributed by atoms with Gasteiger partial charge < -0.3 is 10.1 Å². The van der Waals surface area contributed by atoms with Crippen LogP contribution >= 0.6 is 15.9 Å². The molecule has 0 radical (unpaired) electrons. The van der Waals surface area contributed by atoms with Crippen molar-refractivity contribution < 1.29 is 14.3 Å². The van der Waals surface area contributed by atoms with Crippen LogP contribution < -0.4 is 15.5 Å². The molecule has 0 aliphatic rings. The molecular weight excluding hydrogens is 386 g/mol. The van der Waals surface area contributed by atoms with Gasteiger partial charge in [-0.1, -0.05) is 35.0 Å². The van der Waals surface area contributed by atoms with Gasteiger partial charge in [0.15, 0.2) is 0 Å². The van der Waals surface area contributed by atoms with Crippen LogP contribution in [0.25, 0.3) is 0 Å². The summed E-state index contributed by atoms with van der Waals surface area (Å²) in [5.41, 5.74) is 4.60. The third kappa shape index (κ3) is 5.42. The first-order chi connectivity index (χ1) is 12.0. The number of nitrogens with zero attached hydrogens (tertiary/aromatic N) is 1. The highest BCUT2D eigenvalue weighted by Crippen LogP contribution is 2.20. The normalized spacial score (nSPS) is 10.5. The number of aryl methyl sites for hydroxylation is 1. The molecule has 0 heterocycles. The molecular formula is C18H18BrN3O3. The van der Waals surface area contributed by atoms with Crippen molar-refractivity contribution in [3.63, 3.8) is 0 Å². The van der Waals surface area contributed by atoms with E-state index in [1.54, 1.807) is 37.4 Å². The Bertz CT molecular complexity index is 789. The van der Waals surface area contributed by atoms with Crippen molar-refractivity contribution in [2.24, 2.45) is 5.10 Å². The summed E-state index contributed by atoms with van der Waals surface area (Å²) in [5, 5.41) is 6.31. The van der Waals surface area contributed by atoms with Crippen LogP contribution in [0.4, 0.5) is 5.69 Å². The number of benzene rings is 2. The molecule has 2 aromatic rings. The van der Waals surface area contributed by atoms with Gasteiger partial charge in [-0.05, 0) is 42.3 Å². The van der Waals surface area contributed by atoms with Crippen molar-refractivity contribution in [2.75, 3.05) is 12.4 Å². The number of ether oxygens (including phenoxy) is 1. The van der Waals surface area contributed by atoms with Crippen LogP contribution in [0.3, 0.4) is 0 Å². The molecule has 0 bridgehead atoms. The molecule has 0 saturated carbocycles. The van der Waals surface area contributed by atoms with Crippen molar-refractivity contribution in [2.45, 2.75) is 13.3 Å². The van der Waals surface area contributed by atoms with Crippen LogP contribution in [-0.4, -0.2) is 25.1 Å². The second-order valence-electron chi connectivity index (χ2n) is 5.09. The van der Waals surface area contributed by atoms with Gasteiger partial charge in [0, 0.05) is 15.7 Å². The van der Waals surface area contributed by atoms with Crippen LogP contribution in [0.2, 0.25) is 0 Å². The molecule has 0 saturated heterocycles. The molecule has 0 unspecified atom stereocenters. The topological polar surface area (TPSA) is 79.8 Å². The SMILES string of the molecule is CCc1ccc(NC(=O)C(=O)N/N=C\c2cc(OC)ccc2Br)cc1. The monoisotopic (exact) mass is 403 g/mol. The number of carbonyl (C=O) groups is 2. The summed E-state index contributed by atoms with van der Waals surface area (Å²) < 4.78 is 5.91. The number of hydrazone groups is 1. The molecule has 0 aliphatic heterocycles. The number of carbonyl (C=O) groups excluding carboxylic acids is 2. The molecule has 25 heavy (non-hydrogen) atoms. The Labute approximate surface area is 154 Å². The largest absolute Gasteiger partial charge is 0.497 e. The molecule has 130 valence electrons. The maximum Gasteiger partial charge on any atom is 0.329 e. The van der Waals surface area contributed by atoms with Gasteiger partial charge in [0.1, 0.15) is 5.75 Å². The summed E-state index contributed by atoms with van der Waals surface area (Å²) >= 11 is 3.37. The quantitative estimate of drug-likeness (QED) is 0.457. The first-order valence-electron chi connectivity index (χ1n) is 7.60. The third-order valence-corrected chi connectivity index (χ3v) is 4.12. The van der Waals surface area contributed by atoms with Crippen molar-refractivity contribution in [3.05, 3.63) is 58.1 Å². The summed E-state index contributed by atoms with van der Waals surface area (Å²) in [6, 6.07) is 12.6. The molecule has 7 heteroatoms. The van der Waals surface area contributed by atoms with E-state index in [1.165, 1.54) is 6.21 Å². The predicted molar refractivity (Wildman–Crippen MR) is 101 cm³/mol. The molecule has 0 atom stereocenters. The molecule has 2 amide bonds. The van der Waals surface area contributed by atoms with Crippen LogP contribution in [0.15, 0.2) is 52.0 Å². The number of nitrogens with one attached hydrogen (secondary N) is 2. The molecule has 6 nitrogen and oxygen atoms in total. The molecule has 0 aromatic heterocycles. The minimum absolute atomic E-state index is 0.553. The number of anilines is 1. The van der Waals surface area contributed by atoms with Gasteiger partial charge >= 0.3 is 11.8 Å². The Morgan fingerprint density at radius 2 is 1.88 bits per heavy atom. The lowest BCUT2D eigenvalue weighted by Crippen LogP contribution is -2.32. The average Bonchev–Trinajstić information content (AvgIpc) is 2.63. The molecule has 2 N–H and O–H groups in total. The van der Waals surface area contributed by atoms with Gasteiger partial charge in [-0.3, -0.25) is 9.59 Å². The predicted octanol–water partition coefficient (Wildman–Crippen LogP) is 3.11. The van der Waals surface area contributed by atoms with E-state index >= 15 is 0 Å². The number of hydrogen-bond donors (Lipinski definition) is 2. The number of amides is 2. The summed E-state index contributed by atoms with van der Waals surface area (Å²) in [6.07, 6.45) is 2.33. The lowest BCUT2D eigenvalue weighted by molar-refractivity contribution is -0.136. The van der Waals surface area contributed by atoms with E-state index in [4.69, 9.17) is 4.74 Å². The molecule has 0 fully saturated rings. The van der Waals surface area contributed by atoms with Gasteiger partial charge in [-0.25, -0.2) is 5.43 Å². The molecule has 0 aliphatic carbocycles. The van der Waals surface area contributed by atoms with E-state index in [0.717, 1.165) is 16.5 Å². The third-order valence-electron chi connectivity index (χ3n) is 3.40. The minimum Gasteiger partial charge on any atom is -0.497 e. The smallest absolute Gasteiger partial charge is 0.329 e. The van der Waals surface area contributed by atoms with Crippen LogP contribution in [-0.2, 0) is 16.0 Å². The number of rotatable bonds is 5.